The van der Waals surface area contributed by atoms with Crippen LogP contribution in [0.4, 0.5) is 0 Å². The highest BCUT2D eigenvalue weighted by Gasteiger charge is 2.20. The van der Waals surface area contributed by atoms with Gasteiger partial charge < -0.3 is 10.0 Å². The second-order valence-corrected chi connectivity index (χ2v) is 6.36. The van der Waals surface area contributed by atoms with E-state index in [0.29, 0.717) is 13.1 Å². The smallest absolute Gasteiger partial charge is 0.248 e. The zero-order valence-corrected chi connectivity index (χ0v) is 11.8. The number of rotatable bonds is 3. The highest BCUT2D eigenvalue weighted by molar-refractivity contribution is 9.11. The fourth-order valence-electron chi connectivity index (χ4n) is 1.94. The molecule has 0 saturated carbocycles. The van der Waals surface area contributed by atoms with Crippen molar-refractivity contribution < 1.29 is 9.90 Å². The second-order valence-electron chi connectivity index (χ2n) is 4.07. The van der Waals surface area contributed by atoms with Gasteiger partial charge in [-0.1, -0.05) is 0 Å². The number of carbonyl (C=O) groups is 1. The molecule has 6 heteroatoms. The van der Waals surface area contributed by atoms with Crippen LogP contribution in [-0.4, -0.2) is 53.6 Å². The van der Waals surface area contributed by atoms with E-state index in [1.54, 1.807) is 16.2 Å². The number of carbonyl (C=O) groups excluding carboxylic acids is 1. The van der Waals surface area contributed by atoms with Crippen LogP contribution in [0.3, 0.4) is 0 Å². The number of hydrogen-bond acceptors (Lipinski definition) is 4. The molecule has 0 aliphatic carbocycles. The predicted octanol–water partition coefficient (Wildman–Crippen LogP) is 1.15. The van der Waals surface area contributed by atoms with Crippen LogP contribution in [0.25, 0.3) is 0 Å². The van der Waals surface area contributed by atoms with E-state index in [0.717, 1.165) is 23.4 Å². The van der Waals surface area contributed by atoms with Gasteiger partial charge in [0, 0.05) is 32.7 Å². The SMILES string of the molecule is O=C(CO)N1CCN(Cc2csc(Br)c2)CC1. The third-order valence-electron chi connectivity index (χ3n) is 2.89. The van der Waals surface area contributed by atoms with Gasteiger partial charge in [-0.25, -0.2) is 0 Å². The molecule has 2 heterocycles. The molecule has 0 bridgehead atoms. The van der Waals surface area contributed by atoms with E-state index in [2.05, 4.69) is 32.3 Å². The molecule has 1 fully saturated rings. The van der Waals surface area contributed by atoms with Crippen LogP contribution in [0.2, 0.25) is 0 Å². The van der Waals surface area contributed by atoms with Crippen molar-refractivity contribution in [3.8, 4) is 0 Å². The molecule has 0 atom stereocenters. The molecular weight excluding hydrogens is 304 g/mol. The molecule has 1 saturated heterocycles. The standard InChI is InChI=1S/C11H15BrN2O2S/c12-10-5-9(8-17-10)6-13-1-3-14(4-2-13)11(16)7-15/h5,8,15H,1-4,6-7H2. The fraction of sp³-hybridized carbons (Fsp3) is 0.545. The Bertz CT molecular complexity index is 389. The van der Waals surface area contributed by atoms with Crippen LogP contribution in [0, 0.1) is 0 Å². The first-order chi connectivity index (χ1) is 8.19. The summed E-state index contributed by atoms with van der Waals surface area (Å²) >= 11 is 5.15. The summed E-state index contributed by atoms with van der Waals surface area (Å²) in [5.41, 5.74) is 1.31. The Morgan fingerprint density at radius 1 is 1.41 bits per heavy atom. The Labute approximate surface area is 113 Å². The van der Waals surface area contributed by atoms with E-state index in [-0.39, 0.29) is 12.5 Å². The van der Waals surface area contributed by atoms with Gasteiger partial charge in [-0.2, -0.15) is 0 Å². The van der Waals surface area contributed by atoms with E-state index in [9.17, 15) is 4.79 Å². The summed E-state index contributed by atoms with van der Waals surface area (Å²) in [7, 11) is 0. The highest BCUT2D eigenvalue weighted by Crippen LogP contribution is 2.22. The average molecular weight is 319 g/mol. The molecule has 0 spiro atoms. The number of aliphatic hydroxyl groups excluding tert-OH is 1. The van der Waals surface area contributed by atoms with Crippen LogP contribution >= 0.6 is 27.3 Å². The number of halogens is 1. The minimum absolute atomic E-state index is 0.164. The first-order valence-electron chi connectivity index (χ1n) is 5.53. The number of piperazine rings is 1. The lowest BCUT2D eigenvalue weighted by Gasteiger charge is -2.34. The largest absolute Gasteiger partial charge is 0.387 e. The molecule has 2 rings (SSSR count). The van der Waals surface area contributed by atoms with Gasteiger partial charge in [0.05, 0.1) is 3.79 Å². The molecule has 94 valence electrons. The summed E-state index contributed by atoms with van der Waals surface area (Å²) in [5.74, 6) is -0.164. The first kappa shape index (κ1) is 13.0. The van der Waals surface area contributed by atoms with Gasteiger partial charge in [-0.15, -0.1) is 11.3 Å². The highest BCUT2D eigenvalue weighted by atomic mass is 79.9. The van der Waals surface area contributed by atoms with Crippen LogP contribution in [-0.2, 0) is 11.3 Å². The second kappa shape index (κ2) is 5.95. The van der Waals surface area contributed by atoms with Crippen LogP contribution in [0.15, 0.2) is 15.2 Å². The molecule has 1 aromatic rings. The summed E-state index contributed by atoms with van der Waals surface area (Å²) in [4.78, 5) is 15.3. The summed E-state index contributed by atoms with van der Waals surface area (Å²) in [6, 6.07) is 2.13. The van der Waals surface area contributed by atoms with Gasteiger partial charge in [0.25, 0.3) is 0 Å². The number of hydrogen-bond donors (Lipinski definition) is 1. The molecule has 1 aromatic heterocycles. The molecule has 0 unspecified atom stereocenters. The van der Waals surface area contributed by atoms with E-state index in [1.807, 2.05) is 0 Å². The lowest BCUT2D eigenvalue weighted by molar-refractivity contribution is -0.135. The summed E-state index contributed by atoms with van der Waals surface area (Å²) in [6.45, 7) is 3.73. The van der Waals surface area contributed by atoms with E-state index in [4.69, 9.17) is 5.11 Å². The van der Waals surface area contributed by atoms with Crippen molar-refractivity contribution in [2.45, 2.75) is 6.54 Å². The molecule has 1 amide bonds. The van der Waals surface area contributed by atoms with Crippen molar-refractivity contribution in [2.24, 2.45) is 0 Å². The third kappa shape index (κ3) is 3.51. The molecule has 1 aliphatic heterocycles. The Hall–Kier alpha value is -0.430. The van der Waals surface area contributed by atoms with Gasteiger partial charge in [0.15, 0.2) is 0 Å². The number of thiophene rings is 1. The normalized spacial score (nSPS) is 17.4. The number of aliphatic hydroxyl groups is 1. The van der Waals surface area contributed by atoms with E-state index >= 15 is 0 Å². The lowest BCUT2D eigenvalue weighted by atomic mass is 10.2. The van der Waals surface area contributed by atoms with Gasteiger partial charge >= 0.3 is 0 Å². The first-order valence-corrected chi connectivity index (χ1v) is 7.20. The summed E-state index contributed by atoms with van der Waals surface area (Å²) in [5, 5.41) is 10.9. The summed E-state index contributed by atoms with van der Waals surface area (Å²) in [6.07, 6.45) is 0. The fourth-order valence-corrected chi connectivity index (χ4v) is 3.14. The van der Waals surface area contributed by atoms with E-state index in [1.165, 1.54) is 5.56 Å². The molecule has 4 nitrogen and oxygen atoms in total. The minimum atomic E-state index is -0.378. The Balaban J connectivity index is 1.81. The van der Waals surface area contributed by atoms with Crippen LogP contribution in [0.5, 0.6) is 0 Å². The summed E-state index contributed by atoms with van der Waals surface area (Å²) < 4.78 is 1.15. The molecular formula is C11H15BrN2O2S. The topological polar surface area (TPSA) is 43.8 Å². The van der Waals surface area contributed by atoms with Crippen molar-refractivity contribution in [3.05, 3.63) is 20.8 Å². The van der Waals surface area contributed by atoms with Crippen LogP contribution < -0.4 is 0 Å². The van der Waals surface area contributed by atoms with Gasteiger partial charge in [0.2, 0.25) is 5.91 Å². The van der Waals surface area contributed by atoms with Gasteiger partial charge in [-0.3, -0.25) is 9.69 Å². The van der Waals surface area contributed by atoms with E-state index < -0.39 is 0 Å². The Kier molecular flexibility index (Phi) is 4.55. The number of nitrogens with zero attached hydrogens (tertiary/aromatic N) is 2. The van der Waals surface area contributed by atoms with Gasteiger partial charge in [-0.05, 0) is 32.9 Å². The Morgan fingerprint density at radius 3 is 2.65 bits per heavy atom. The third-order valence-corrected chi connectivity index (χ3v) is 4.44. The van der Waals surface area contributed by atoms with Crippen molar-refractivity contribution in [1.82, 2.24) is 9.80 Å². The molecule has 1 N–H and O–H groups in total. The zero-order chi connectivity index (χ0) is 12.3. The van der Waals surface area contributed by atoms with Crippen molar-refractivity contribution in [3.63, 3.8) is 0 Å². The maximum Gasteiger partial charge on any atom is 0.248 e. The predicted molar refractivity (Wildman–Crippen MR) is 71.0 cm³/mol. The maximum atomic E-state index is 11.3. The van der Waals surface area contributed by atoms with Crippen LogP contribution in [0.1, 0.15) is 5.56 Å². The van der Waals surface area contributed by atoms with Crippen molar-refractivity contribution in [1.29, 1.82) is 0 Å². The maximum absolute atomic E-state index is 11.3. The van der Waals surface area contributed by atoms with Crippen molar-refractivity contribution >= 4 is 33.2 Å². The lowest BCUT2D eigenvalue weighted by Crippen LogP contribution is -2.49. The molecule has 1 aliphatic rings. The van der Waals surface area contributed by atoms with Gasteiger partial charge in [0.1, 0.15) is 6.61 Å². The minimum Gasteiger partial charge on any atom is -0.387 e. The molecule has 17 heavy (non-hydrogen) atoms. The Morgan fingerprint density at radius 2 is 2.12 bits per heavy atom. The quantitative estimate of drug-likeness (QED) is 0.909. The molecule has 0 aromatic carbocycles. The van der Waals surface area contributed by atoms with Crippen molar-refractivity contribution in [2.75, 3.05) is 32.8 Å². The molecule has 0 radical (unpaired) electrons. The number of amides is 1. The zero-order valence-electron chi connectivity index (χ0n) is 9.43. The monoisotopic (exact) mass is 318 g/mol. The average Bonchev–Trinajstić information content (AvgIpc) is 2.75.